The topological polar surface area (TPSA) is 96.3 Å². The molecule has 2 fully saturated rings. The van der Waals surface area contributed by atoms with Gasteiger partial charge < -0.3 is 19.5 Å². The maximum Gasteiger partial charge on any atom is 0.455 e. The lowest BCUT2D eigenvalue weighted by atomic mass is 9.58. The van der Waals surface area contributed by atoms with Gasteiger partial charge in [-0.3, -0.25) is 14.5 Å². The molecule has 2 amide bonds. The van der Waals surface area contributed by atoms with E-state index in [1.165, 1.54) is 22.3 Å². The van der Waals surface area contributed by atoms with Gasteiger partial charge in [-0.1, -0.05) is 66.2 Å². The van der Waals surface area contributed by atoms with Crippen LogP contribution in [0.4, 0.5) is 0 Å². The molecule has 3 aliphatic rings. The molecule has 7 rings (SSSR count). The van der Waals surface area contributed by atoms with Crippen LogP contribution in [0.5, 0.6) is 11.5 Å². The van der Waals surface area contributed by atoms with Crippen molar-refractivity contribution in [1.29, 1.82) is 0 Å². The number of ether oxygens (including phenoxy) is 1. The molecule has 0 saturated carbocycles. The standard InChI is InChI=1S/C38H35BClNO6S/c40-33-20-28(42)15-13-26(33)18-25(24-8-3-1-4-9-24)14-16-34-35-27(23-46-29-10-5-2-6-11-29)19-31-36(32(35)21-39(45)47-34)38(44)41(37(31)43)22-30-12-7-17-48-30/h1-13,15,17-18,20,31-32,34,36,42,45H,14,16,19,21-23H2/b25-18-/t31-,32+,34-,36-/m1/s1. The third-order valence-corrected chi connectivity index (χ3v) is 10.8. The van der Waals surface area contributed by atoms with Gasteiger partial charge in [-0.15, -0.1) is 11.3 Å². The minimum Gasteiger partial charge on any atom is -0.508 e. The second-order valence-electron chi connectivity index (χ2n) is 12.5. The van der Waals surface area contributed by atoms with E-state index in [0.717, 1.165) is 32.7 Å². The Balaban J connectivity index is 1.23. The van der Waals surface area contributed by atoms with Gasteiger partial charge in [-0.05, 0) is 107 Å². The number of carbonyl (C=O) groups is 2. The maximum absolute atomic E-state index is 14.0. The van der Waals surface area contributed by atoms with Crippen LogP contribution in [0.25, 0.3) is 11.6 Å². The molecule has 10 heteroatoms. The van der Waals surface area contributed by atoms with Crippen molar-refractivity contribution < 1.29 is 29.1 Å². The van der Waals surface area contributed by atoms with Gasteiger partial charge in [0.2, 0.25) is 11.8 Å². The van der Waals surface area contributed by atoms with Gasteiger partial charge in [-0.25, -0.2) is 0 Å². The zero-order valence-electron chi connectivity index (χ0n) is 26.2. The Labute approximate surface area is 289 Å². The first-order chi connectivity index (χ1) is 23.4. The fourth-order valence-electron chi connectivity index (χ4n) is 7.42. The molecule has 0 radical (unpaired) electrons. The molecule has 4 aromatic rings. The molecule has 0 unspecified atom stereocenters. The maximum atomic E-state index is 14.0. The van der Waals surface area contributed by atoms with E-state index in [9.17, 15) is 19.7 Å². The molecule has 244 valence electrons. The molecule has 4 atom stereocenters. The SMILES string of the molecule is O=C1[C@@H]2[C@@H](CC(COc3ccccc3)=C3[C@@H](CC/C(=C/c4ccc(O)cc4Cl)c4ccccc4)OB(O)C[C@@H]32)C(=O)N1Cc1cccs1. The number of amides is 2. The molecule has 2 N–H and O–H groups in total. The second kappa shape index (κ2) is 14.1. The number of thiophene rings is 1. The highest BCUT2D eigenvalue weighted by atomic mass is 35.5. The molecule has 2 aliphatic heterocycles. The molecule has 1 aromatic heterocycles. The van der Waals surface area contributed by atoms with Crippen LogP contribution in [-0.2, 0) is 20.8 Å². The Morgan fingerprint density at radius 2 is 1.77 bits per heavy atom. The van der Waals surface area contributed by atoms with Gasteiger partial charge in [-0.2, -0.15) is 0 Å². The first kappa shape index (κ1) is 32.4. The number of hydrogen-bond acceptors (Lipinski definition) is 7. The van der Waals surface area contributed by atoms with Crippen molar-refractivity contribution in [2.24, 2.45) is 17.8 Å². The quantitative estimate of drug-likeness (QED) is 0.0780. The van der Waals surface area contributed by atoms with Crippen molar-refractivity contribution in [3.8, 4) is 11.5 Å². The van der Waals surface area contributed by atoms with Crippen molar-refractivity contribution in [2.75, 3.05) is 6.61 Å². The van der Waals surface area contributed by atoms with E-state index in [1.807, 2.05) is 84.3 Å². The van der Waals surface area contributed by atoms with Crippen LogP contribution in [0.15, 0.2) is 108 Å². The molecule has 0 bridgehead atoms. The van der Waals surface area contributed by atoms with Crippen LogP contribution < -0.4 is 4.74 Å². The zero-order chi connectivity index (χ0) is 33.2. The molecule has 3 aromatic carbocycles. The van der Waals surface area contributed by atoms with Gasteiger partial charge in [0.25, 0.3) is 0 Å². The second-order valence-corrected chi connectivity index (χ2v) is 14.0. The smallest absolute Gasteiger partial charge is 0.455 e. The van der Waals surface area contributed by atoms with Crippen LogP contribution in [-0.4, -0.2) is 46.7 Å². The Hall–Kier alpha value is -4.15. The summed E-state index contributed by atoms with van der Waals surface area (Å²) in [5.74, 6) is -0.957. The van der Waals surface area contributed by atoms with Crippen molar-refractivity contribution in [3.63, 3.8) is 0 Å². The highest BCUT2D eigenvalue weighted by Gasteiger charge is 2.57. The van der Waals surface area contributed by atoms with E-state index in [-0.39, 0.29) is 43.0 Å². The van der Waals surface area contributed by atoms with Crippen molar-refractivity contribution in [3.05, 3.63) is 129 Å². The number of rotatable bonds is 10. The van der Waals surface area contributed by atoms with E-state index in [4.69, 9.17) is 21.0 Å². The lowest BCUT2D eigenvalue weighted by Gasteiger charge is -2.43. The number of fused-ring (bicyclic) bond motifs is 3. The Bertz CT molecular complexity index is 1850. The average molecular weight is 680 g/mol. The number of aromatic hydroxyl groups is 1. The zero-order valence-corrected chi connectivity index (χ0v) is 27.8. The summed E-state index contributed by atoms with van der Waals surface area (Å²) in [6.45, 7) is 0.514. The number of allylic oxidation sites excluding steroid dienone is 1. The molecule has 3 heterocycles. The van der Waals surface area contributed by atoms with E-state index in [0.29, 0.717) is 30.0 Å². The molecule has 2 saturated heterocycles. The molecule has 0 spiro atoms. The van der Waals surface area contributed by atoms with Crippen molar-refractivity contribution in [1.82, 2.24) is 4.90 Å². The van der Waals surface area contributed by atoms with E-state index >= 15 is 0 Å². The number of hydrogen-bond donors (Lipinski definition) is 2. The van der Waals surface area contributed by atoms with E-state index < -0.39 is 25.1 Å². The van der Waals surface area contributed by atoms with Gasteiger partial charge >= 0.3 is 7.12 Å². The fourth-order valence-corrected chi connectivity index (χ4v) is 8.34. The number of benzene rings is 3. The summed E-state index contributed by atoms with van der Waals surface area (Å²) in [5, 5.41) is 23.4. The number of imide groups is 1. The monoisotopic (exact) mass is 679 g/mol. The summed E-state index contributed by atoms with van der Waals surface area (Å²) in [4.78, 5) is 30.2. The summed E-state index contributed by atoms with van der Waals surface area (Å²) in [6.07, 6.45) is 3.25. The first-order valence-electron chi connectivity index (χ1n) is 16.2. The number of nitrogens with zero attached hydrogens (tertiary/aromatic N) is 1. The number of phenols is 1. The van der Waals surface area contributed by atoms with Crippen LogP contribution in [0.1, 0.15) is 35.3 Å². The number of para-hydroxylation sites is 1. The first-order valence-corrected chi connectivity index (χ1v) is 17.5. The summed E-state index contributed by atoms with van der Waals surface area (Å²) in [5.41, 5.74) is 4.71. The Morgan fingerprint density at radius 3 is 2.50 bits per heavy atom. The minimum atomic E-state index is -1.08. The van der Waals surface area contributed by atoms with E-state index in [1.54, 1.807) is 12.1 Å². The molecule has 7 nitrogen and oxygen atoms in total. The minimum absolute atomic E-state index is 0.0933. The molecular formula is C38H35BClNO6S. The summed E-state index contributed by atoms with van der Waals surface area (Å²) in [7, 11) is -1.08. The number of phenolic OH excluding ortho intramolecular Hbond substituents is 1. The van der Waals surface area contributed by atoms with Crippen LogP contribution in [0, 0.1) is 17.8 Å². The Morgan fingerprint density at radius 1 is 1.00 bits per heavy atom. The normalized spacial score (nSPS) is 22.6. The van der Waals surface area contributed by atoms with Crippen LogP contribution >= 0.6 is 22.9 Å². The van der Waals surface area contributed by atoms with Crippen molar-refractivity contribution in [2.45, 2.75) is 38.2 Å². The third kappa shape index (κ3) is 6.73. The predicted octanol–water partition coefficient (Wildman–Crippen LogP) is 7.50. The van der Waals surface area contributed by atoms with Gasteiger partial charge in [0.15, 0.2) is 0 Å². The highest BCUT2D eigenvalue weighted by molar-refractivity contribution is 7.09. The fraction of sp³-hybridized carbons (Fsp3) is 0.263. The highest BCUT2D eigenvalue weighted by Crippen LogP contribution is 2.51. The number of carbonyl (C=O) groups excluding carboxylic acids is 2. The molecular weight excluding hydrogens is 645 g/mol. The summed E-state index contributed by atoms with van der Waals surface area (Å²) >= 11 is 8.04. The third-order valence-electron chi connectivity index (χ3n) is 9.58. The lowest BCUT2D eigenvalue weighted by molar-refractivity contribution is -0.140. The molecule has 48 heavy (non-hydrogen) atoms. The van der Waals surface area contributed by atoms with Gasteiger partial charge in [0.1, 0.15) is 18.1 Å². The number of halogens is 1. The van der Waals surface area contributed by atoms with Gasteiger partial charge in [0, 0.05) is 4.88 Å². The predicted molar refractivity (Wildman–Crippen MR) is 188 cm³/mol. The Kier molecular flexibility index (Phi) is 9.55. The molecule has 1 aliphatic carbocycles. The largest absolute Gasteiger partial charge is 0.508 e. The summed E-state index contributed by atoms with van der Waals surface area (Å²) in [6, 6.07) is 28.3. The average Bonchev–Trinajstić information content (AvgIpc) is 3.69. The van der Waals surface area contributed by atoms with Gasteiger partial charge in [0.05, 0.1) is 29.5 Å². The summed E-state index contributed by atoms with van der Waals surface area (Å²) < 4.78 is 12.5. The number of likely N-dealkylation sites (tertiary alicyclic amines) is 1. The van der Waals surface area contributed by atoms with E-state index in [2.05, 4.69) is 0 Å². The lowest BCUT2D eigenvalue weighted by Crippen LogP contribution is -2.46. The van der Waals surface area contributed by atoms with Crippen LogP contribution in [0.3, 0.4) is 0 Å². The van der Waals surface area contributed by atoms with Crippen LogP contribution in [0.2, 0.25) is 11.3 Å². The van der Waals surface area contributed by atoms with Crippen molar-refractivity contribution >= 4 is 53.5 Å².